The molecule has 96 valence electrons. The molecule has 0 fully saturated rings. The standard InChI is InChI=1S/C12H18N6/c1-8-5-10(17(2)16-8)12-15-14-11-6-9(7-13)3-4-18(11)12/h5,9H,3-4,6-7,13H2,1-2H3. The number of nitrogens with two attached hydrogens (primary N) is 1. The minimum atomic E-state index is 0.544. The molecule has 0 bridgehead atoms. The summed E-state index contributed by atoms with van der Waals surface area (Å²) in [4.78, 5) is 0. The highest BCUT2D eigenvalue weighted by Gasteiger charge is 2.23. The zero-order chi connectivity index (χ0) is 12.7. The monoisotopic (exact) mass is 246 g/mol. The summed E-state index contributed by atoms with van der Waals surface area (Å²) in [5.41, 5.74) is 7.76. The SMILES string of the molecule is Cc1cc(-c2nnc3n2CCC(CN)C3)n(C)n1. The van der Waals surface area contributed by atoms with E-state index in [2.05, 4.69) is 19.9 Å². The lowest BCUT2D eigenvalue weighted by Crippen LogP contribution is -2.26. The van der Waals surface area contributed by atoms with Gasteiger partial charge in [0, 0.05) is 20.0 Å². The Bertz CT molecular complexity index is 567. The summed E-state index contributed by atoms with van der Waals surface area (Å²) in [5, 5.41) is 13.0. The third kappa shape index (κ3) is 1.73. The first kappa shape index (κ1) is 11.4. The number of aromatic nitrogens is 5. The fraction of sp³-hybridized carbons (Fsp3) is 0.583. The zero-order valence-corrected chi connectivity index (χ0v) is 10.8. The van der Waals surface area contributed by atoms with Crippen molar-refractivity contribution in [2.75, 3.05) is 6.54 Å². The Morgan fingerprint density at radius 1 is 1.44 bits per heavy atom. The minimum Gasteiger partial charge on any atom is -0.330 e. The van der Waals surface area contributed by atoms with Gasteiger partial charge >= 0.3 is 0 Å². The van der Waals surface area contributed by atoms with Crippen molar-refractivity contribution in [2.24, 2.45) is 18.7 Å². The third-order valence-corrected chi connectivity index (χ3v) is 3.62. The molecule has 0 radical (unpaired) electrons. The second-order valence-electron chi connectivity index (χ2n) is 4.98. The van der Waals surface area contributed by atoms with E-state index in [1.165, 1.54) is 0 Å². The average molecular weight is 246 g/mol. The Hall–Kier alpha value is -1.69. The fourth-order valence-electron chi connectivity index (χ4n) is 2.60. The van der Waals surface area contributed by atoms with Gasteiger partial charge in [-0.15, -0.1) is 10.2 Å². The molecule has 0 saturated carbocycles. The molecule has 2 aromatic rings. The molecule has 6 nitrogen and oxygen atoms in total. The van der Waals surface area contributed by atoms with Crippen molar-refractivity contribution in [1.29, 1.82) is 0 Å². The quantitative estimate of drug-likeness (QED) is 0.837. The fourth-order valence-corrected chi connectivity index (χ4v) is 2.60. The van der Waals surface area contributed by atoms with E-state index < -0.39 is 0 Å². The van der Waals surface area contributed by atoms with Crippen LogP contribution in [0.25, 0.3) is 11.5 Å². The van der Waals surface area contributed by atoms with E-state index >= 15 is 0 Å². The van der Waals surface area contributed by atoms with Crippen molar-refractivity contribution in [1.82, 2.24) is 24.5 Å². The van der Waals surface area contributed by atoms with Gasteiger partial charge in [0.25, 0.3) is 0 Å². The van der Waals surface area contributed by atoms with Gasteiger partial charge in [0.1, 0.15) is 11.5 Å². The Labute approximate surface area is 106 Å². The van der Waals surface area contributed by atoms with Crippen LogP contribution in [0.4, 0.5) is 0 Å². The molecule has 0 spiro atoms. The summed E-state index contributed by atoms with van der Waals surface area (Å²) in [5.74, 6) is 2.51. The molecule has 3 rings (SSSR count). The Morgan fingerprint density at radius 3 is 2.94 bits per heavy atom. The van der Waals surface area contributed by atoms with Crippen LogP contribution in [-0.4, -0.2) is 31.1 Å². The van der Waals surface area contributed by atoms with Gasteiger partial charge in [-0.25, -0.2) is 0 Å². The van der Waals surface area contributed by atoms with E-state index in [1.807, 2.05) is 24.7 Å². The van der Waals surface area contributed by atoms with Gasteiger partial charge in [-0.2, -0.15) is 5.10 Å². The van der Waals surface area contributed by atoms with Gasteiger partial charge in [-0.3, -0.25) is 4.68 Å². The molecule has 2 N–H and O–H groups in total. The van der Waals surface area contributed by atoms with E-state index in [4.69, 9.17) is 5.73 Å². The highest BCUT2D eigenvalue weighted by molar-refractivity contribution is 5.51. The average Bonchev–Trinajstić information content (AvgIpc) is 2.91. The third-order valence-electron chi connectivity index (χ3n) is 3.62. The molecule has 1 aliphatic heterocycles. The van der Waals surface area contributed by atoms with Crippen LogP contribution in [0.2, 0.25) is 0 Å². The molecule has 0 amide bonds. The molecule has 2 aromatic heterocycles. The van der Waals surface area contributed by atoms with Gasteiger partial charge in [0.05, 0.1) is 5.69 Å². The second-order valence-corrected chi connectivity index (χ2v) is 4.98. The summed E-state index contributed by atoms with van der Waals surface area (Å²) in [6, 6.07) is 2.05. The summed E-state index contributed by atoms with van der Waals surface area (Å²) >= 11 is 0. The summed E-state index contributed by atoms with van der Waals surface area (Å²) in [6.45, 7) is 3.66. The maximum absolute atomic E-state index is 5.73. The molecule has 18 heavy (non-hydrogen) atoms. The molecule has 6 heteroatoms. The predicted molar refractivity (Wildman–Crippen MR) is 67.8 cm³/mol. The topological polar surface area (TPSA) is 74.6 Å². The van der Waals surface area contributed by atoms with Crippen LogP contribution in [0.1, 0.15) is 17.9 Å². The Kier molecular flexibility index (Phi) is 2.66. The Balaban J connectivity index is 2.01. The minimum absolute atomic E-state index is 0.544. The van der Waals surface area contributed by atoms with Gasteiger partial charge in [-0.1, -0.05) is 0 Å². The normalized spacial score (nSPS) is 18.9. The van der Waals surface area contributed by atoms with Gasteiger partial charge < -0.3 is 10.3 Å². The van der Waals surface area contributed by atoms with E-state index in [9.17, 15) is 0 Å². The smallest absolute Gasteiger partial charge is 0.182 e. The molecule has 1 atom stereocenters. The molecule has 1 unspecified atom stereocenters. The largest absolute Gasteiger partial charge is 0.330 e. The van der Waals surface area contributed by atoms with Crippen molar-refractivity contribution in [3.05, 3.63) is 17.6 Å². The van der Waals surface area contributed by atoms with E-state index in [-0.39, 0.29) is 0 Å². The van der Waals surface area contributed by atoms with Gasteiger partial charge in [0.15, 0.2) is 5.82 Å². The molecule has 0 aromatic carbocycles. The molecular formula is C12H18N6. The highest BCUT2D eigenvalue weighted by atomic mass is 15.3. The Morgan fingerprint density at radius 2 is 2.28 bits per heavy atom. The van der Waals surface area contributed by atoms with Crippen LogP contribution in [0.15, 0.2) is 6.07 Å². The van der Waals surface area contributed by atoms with Crippen LogP contribution >= 0.6 is 0 Å². The predicted octanol–water partition coefficient (Wildman–Crippen LogP) is 0.508. The van der Waals surface area contributed by atoms with Crippen LogP contribution < -0.4 is 5.73 Å². The van der Waals surface area contributed by atoms with Crippen molar-refractivity contribution >= 4 is 0 Å². The molecule has 0 saturated heterocycles. The number of nitrogens with zero attached hydrogens (tertiary/aromatic N) is 5. The molecular weight excluding hydrogens is 228 g/mol. The summed E-state index contributed by atoms with van der Waals surface area (Å²) < 4.78 is 4.06. The zero-order valence-electron chi connectivity index (χ0n) is 10.8. The van der Waals surface area contributed by atoms with Gasteiger partial charge in [-0.05, 0) is 31.9 Å². The van der Waals surface area contributed by atoms with Crippen molar-refractivity contribution < 1.29 is 0 Å². The van der Waals surface area contributed by atoms with Crippen LogP contribution in [0.5, 0.6) is 0 Å². The highest BCUT2D eigenvalue weighted by Crippen LogP contribution is 2.25. The van der Waals surface area contributed by atoms with E-state index in [0.717, 1.165) is 49.0 Å². The van der Waals surface area contributed by atoms with Gasteiger partial charge in [0.2, 0.25) is 0 Å². The van der Waals surface area contributed by atoms with Crippen LogP contribution in [-0.2, 0) is 20.0 Å². The van der Waals surface area contributed by atoms with Crippen LogP contribution in [0, 0.1) is 12.8 Å². The number of hydrogen-bond donors (Lipinski definition) is 1. The lowest BCUT2D eigenvalue weighted by atomic mass is 9.98. The molecule has 3 heterocycles. The lowest BCUT2D eigenvalue weighted by Gasteiger charge is -2.22. The number of fused-ring (bicyclic) bond motifs is 1. The summed E-state index contributed by atoms with van der Waals surface area (Å²) in [7, 11) is 1.94. The van der Waals surface area contributed by atoms with Crippen molar-refractivity contribution in [2.45, 2.75) is 26.3 Å². The second kappa shape index (κ2) is 4.20. The summed E-state index contributed by atoms with van der Waals surface area (Å²) in [6.07, 6.45) is 2.03. The number of aryl methyl sites for hydroxylation is 2. The van der Waals surface area contributed by atoms with E-state index in [0.29, 0.717) is 5.92 Å². The maximum atomic E-state index is 5.73. The van der Waals surface area contributed by atoms with Crippen molar-refractivity contribution in [3.63, 3.8) is 0 Å². The molecule has 1 aliphatic rings. The van der Waals surface area contributed by atoms with Crippen molar-refractivity contribution in [3.8, 4) is 11.5 Å². The van der Waals surface area contributed by atoms with Crippen LogP contribution in [0.3, 0.4) is 0 Å². The number of hydrogen-bond acceptors (Lipinski definition) is 4. The molecule has 0 aliphatic carbocycles. The maximum Gasteiger partial charge on any atom is 0.182 e. The first-order valence-corrected chi connectivity index (χ1v) is 6.32. The first-order valence-electron chi connectivity index (χ1n) is 6.32. The first-order chi connectivity index (χ1) is 8.69. The van der Waals surface area contributed by atoms with E-state index in [1.54, 1.807) is 0 Å². The lowest BCUT2D eigenvalue weighted by molar-refractivity contribution is 0.391. The number of rotatable bonds is 2.